The molecule has 0 spiro atoms. The van der Waals surface area contributed by atoms with Gasteiger partial charge in [0, 0.05) is 11.6 Å². The van der Waals surface area contributed by atoms with Crippen LogP contribution in [0.2, 0.25) is 0 Å². The molecule has 1 aromatic carbocycles. The Morgan fingerprint density at radius 2 is 1.81 bits per heavy atom. The minimum absolute atomic E-state index is 0.189. The lowest BCUT2D eigenvalue weighted by atomic mass is 10.2. The maximum Gasteiger partial charge on any atom is 0.231 e. The number of hydrogen-bond acceptors (Lipinski definition) is 4. The van der Waals surface area contributed by atoms with Gasteiger partial charge in [-0.1, -0.05) is 0 Å². The Morgan fingerprint density at radius 3 is 2.50 bits per heavy atom. The van der Waals surface area contributed by atoms with E-state index in [9.17, 15) is 0 Å². The summed E-state index contributed by atoms with van der Waals surface area (Å²) >= 11 is 0. The fourth-order valence-corrected chi connectivity index (χ4v) is 2.00. The summed E-state index contributed by atoms with van der Waals surface area (Å²) in [5, 5.41) is 0.920. The van der Waals surface area contributed by atoms with E-state index in [1.54, 1.807) is 14.2 Å². The van der Waals surface area contributed by atoms with Gasteiger partial charge in [0.15, 0.2) is 11.5 Å². The van der Waals surface area contributed by atoms with Crippen LogP contribution in [0.15, 0.2) is 12.3 Å². The maximum atomic E-state index is 5.40. The van der Waals surface area contributed by atoms with Gasteiger partial charge < -0.3 is 23.9 Å². The van der Waals surface area contributed by atoms with Gasteiger partial charge >= 0.3 is 0 Å². The first-order valence-electron chi connectivity index (χ1n) is 4.87. The lowest BCUT2D eigenvalue weighted by Gasteiger charge is -2.10. The monoisotopic (exact) mass is 221 g/mol. The molecule has 1 N–H and O–H groups in total. The molecule has 1 aliphatic rings. The van der Waals surface area contributed by atoms with Crippen LogP contribution in [0.5, 0.6) is 23.0 Å². The van der Waals surface area contributed by atoms with Crippen LogP contribution in [-0.2, 0) is 0 Å². The van der Waals surface area contributed by atoms with Gasteiger partial charge in [-0.05, 0) is 6.07 Å². The number of H-pyrrole nitrogens is 1. The molecule has 84 valence electrons. The highest BCUT2D eigenvalue weighted by molar-refractivity contribution is 5.96. The van der Waals surface area contributed by atoms with Crippen LogP contribution in [0.4, 0.5) is 0 Å². The predicted octanol–water partition coefficient (Wildman–Crippen LogP) is 1.91. The van der Waals surface area contributed by atoms with Crippen molar-refractivity contribution in [3.05, 3.63) is 12.3 Å². The van der Waals surface area contributed by atoms with E-state index >= 15 is 0 Å². The molecule has 0 saturated carbocycles. The predicted molar refractivity (Wildman–Crippen MR) is 57.5 cm³/mol. The minimum Gasteiger partial charge on any atom is -0.492 e. The highest BCUT2D eigenvalue weighted by Gasteiger charge is 2.28. The van der Waals surface area contributed by atoms with Gasteiger partial charge in [-0.15, -0.1) is 0 Å². The lowest BCUT2D eigenvalue weighted by molar-refractivity contribution is 0.169. The average molecular weight is 221 g/mol. The molecule has 0 aliphatic carbocycles. The Hall–Kier alpha value is -2.04. The molecule has 5 heteroatoms. The standard InChI is InChI=1S/C11H11NO4/c1-13-8-6-3-4-12-7(6)9(14-2)11-10(8)15-5-16-11/h3-4,12H,5H2,1-2H3. The number of aromatic amines is 1. The Kier molecular flexibility index (Phi) is 1.86. The molecule has 1 aliphatic heterocycles. The van der Waals surface area contributed by atoms with Gasteiger partial charge in [0.05, 0.1) is 19.7 Å². The summed E-state index contributed by atoms with van der Waals surface area (Å²) in [5.41, 5.74) is 0.851. The summed E-state index contributed by atoms with van der Waals surface area (Å²) < 4.78 is 21.5. The molecule has 0 atom stereocenters. The normalized spacial score (nSPS) is 13.1. The Morgan fingerprint density at radius 1 is 1.12 bits per heavy atom. The molecule has 0 fully saturated rings. The molecule has 3 rings (SSSR count). The molecule has 0 amide bonds. The van der Waals surface area contributed by atoms with Crippen molar-refractivity contribution in [3.63, 3.8) is 0 Å². The molecule has 16 heavy (non-hydrogen) atoms. The number of ether oxygens (including phenoxy) is 4. The van der Waals surface area contributed by atoms with Crippen molar-refractivity contribution in [2.45, 2.75) is 0 Å². The summed E-state index contributed by atoms with van der Waals surface area (Å²) in [6.07, 6.45) is 1.82. The summed E-state index contributed by atoms with van der Waals surface area (Å²) in [6.45, 7) is 0.189. The zero-order chi connectivity index (χ0) is 11.1. The number of hydrogen-bond donors (Lipinski definition) is 1. The third-order valence-electron chi connectivity index (χ3n) is 2.65. The Balaban J connectivity index is 2.43. The van der Waals surface area contributed by atoms with Crippen LogP contribution in [0.3, 0.4) is 0 Å². The molecule has 0 radical (unpaired) electrons. The van der Waals surface area contributed by atoms with Crippen molar-refractivity contribution in [3.8, 4) is 23.0 Å². The van der Waals surface area contributed by atoms with E-state index in [0.717, 1.165) is 10.9 Å². The molecular weight excluding hydrogens is 210 g/mol. The number of fused-ring (bicyclic) bond motifs is 2. The summed E-state index contributed by atoms with van der Waals surface area (Å²) in [6, 6.07) is 1.92. The highest BCUT2D eigenvalue weighted by Crippen LogP contribution is 2.52. The van der Waals surface area contributed by atoms with Crippen molar-refractivity contribution in [2.24, 2.45) is 0 Å². The van der Waals surface area contributed by atoms with E-state index in [4.69, 9.17) is 18.9 Å². The molecule has 2 aromatic rings. The largest absolute Gasteiger partial charge is 0.492 e. The van der Waals surface area contributed by atoms with E-state index in [1.807, 2.05) is 12.3 Å². The second-order valence-corrected chi connectivity index (χ2v) is 3.40. The molecule has 1 aromatic heterocycles. The lowest BCUT2D eigenvalue weighted by Crippen LogP contribution is -1.94. The third-order valence-corrected chi connectivity index (χ3v) is 2.65. The number of nitrogens with one attached hydrogen (secondary N) is 1. The van der Waals surface area contributed by atoms with Crippen molar-refractivity contribution >= 4 is 10.9 Å². The smallest absolute Gasteiger partial charge is 0.231 e. The zero-order valence-corrected chi connectivity index (χ0v) is 8.99. The average Bonchev–Trinajstić information content (AvgIpc) is 2.93. The summed E-state index contributed by atoms with van der Waals surface area (Å²) in [7, 11) is 3.21. The van der Waals surface area contributed by atoms with Crippen LogP contribution in [0.25, 0.3) is 10.9 Å². The van der Waals surface area contributed by atoms with Gasteiger partial charge in [0.25, 0.3) is 0 Å². The molecule has 5 nitrogen and oxygen atoms in total. The van der Waals surface area contributed by atoms with Crippen molar-refractivity contribution in [2.75, 3.05) is 21.0 Å². The Labute approximate surface area is 91.9 Å². The maximum absolute atomic E-state index is 5.40. The second-order valence-electron chi connectivity index (χ2n) is 3.40. The highest BCUT2D eigenvalue weighted by atomic mass is 16.7. The van der Waals surface area contributed by atoms with Crippen LogP contribution in [0, 0.1) is 0 Å². The van der Waals surface area contributed by atoms with Crippen LogP contribution >= 0.6 is 0 Å². The topological polar surface area (TPSA) is 52.7 Å². The SMILES string of the molecule is COc1c2c(c(OC)c3[nH]ccc13)OCO2. The number of methoxy groups -OCH3 is 2. The van der Waals surface area contributed by atoms with E-state index in [0.29, 0.717) is 23.0 Å². The Bertz CT molecular complexity index is 500. The van der Waals surface area contributed by atoms with Gasteiger partial charge in [0.1, 0.15) is 0 Å². The van der Waals surface area contributed by atoms with Crippen LogP contribution in [-0.4, -0.2) is 26.0 Å². The minimum atomic E-state index is 0.189. The molecule has 0 unspecified atom stereocenters. The molecule has 2 heterocycles. The fourth-order valence-electron chi connectivity index (χ4n) is 2.00. The van der Waals surface area contributed by atoms with E-state index in [1.165, 1.54) is 0 Å². The van der Waals surface area contributed by atoms with Crippen LogP contribution < -0.4 is 18.9 Å². The van der Waals surface area contributed by atoms with Crippen molar-refractivity contribution in [1.29, 1.82) is 0 Å². The van der Waals surface area contributed by atoms with Gasteiger partial charge in [-0.25, -0.2) is 0 Å². The third kappa shape index (κ3) is 0.997. The molecule has 0 saturated heterocycles. The first-order chi connectivity index (χ1) is 7.86. The quantitative estimate of drug-likeness (QED) is 0.841. The van der Waals surface area contributed by atoms with E-state index in [2.05, 4.69) is 4.98 Å². The van der Waals surface area contributed by atoms with Gasteiger partial charge in [-0.3, -0.25) is 0 Å². The molecule has 0 bridgehead atoms. The van der Waals surface area contributed by atoms with Gasteiger partial charge in [0.2, 0.25) is 18.3 Å². The number of aromatic nitrogens is 1. The zero-order valence-electron chi connectivity index (χ0n) is 8.99. The van der Waals surface area contributed by atoms with Crippen molar-refractivity contribution < 1.29 is 18.9 Å². The number of benzene rings is 1. The summed E-state index contributed by atoms with van der Waals surface area (Å²) in [4.78, 5) is 3.10. The van der Waals surface area contributed by atoms with Crippen molar-refractivity contribution in [1.82, 2.24) is 4.98 Å². The second kappa shape index (κ2) is 3.23. The fraction of sp³-hybridized carbons (Fsp3) is 0.273. The van der Waals surface area contributed by atoms with Crippen LogP contribution in [0.1, 0.15) is 0 Å². The van der Waals surface area contributed by atoms with E-state index < -0.39 is 0 Å². The first-order valence-corrected chi connectivity index (χ1v) is 4.87. The number of rotatable bonds is 2. The summed E-state index contributed by atoms with van der Waals surface area (Å²) in [5.74, 6) is 2.51. The first kappa shape index (κ1) is 9.21. The van der Waals surface area contributed by atoms with E-state index in [-0.39, 0.29) is 6.79 Å². The van der Waals surface area contributed by atoms with Gasteiger partial charge in [-0.2, -0.15) is 0 Å². The molecular formula is C11H11NO4.